The molecule has 23 heavy (non-hydrogen) atoms. The Hall–Kier alpha value is -1.63. The van der Waals surface area contributed by atoms with Crippen LogP contribution in [0.1, 0.15) is 0 Å². The fourth-order valence-corrected chi connectivity index (χ4v) is 2.39. The first-order valence-corrected chi connectivity index (χ1v) is 8.57. The van der Waals surface area contributed by atoms with Gasteiger partial charge in [0.1, 0.15) is 5.75 Å². The molecule has 0 saturated heterocycles. The predicted octanol–water partition coefficient (Wildman–Crippen LogP) is 2.72. The Morgan fingerprint density at radius 1 is 0.957 bits per heavy atom. The molecule has 2 aromatic rings. The van der Waals surface area contributed by atoms with E-state index in [1.54, 1.807) is 7.11 Å². The summed E-state index contributed by atoms with van der Waals surface area (Å²) in [6.07, 6.45) is 0. The Morgan fingerprint density at radius 3 is 1.78 bits per heavy atom. The van der Waals surface area contributed by atoms with Crippen molar-refractivity contribution in [3.63, 3.8) is 0 Å². The maximum atomic E-state index is 10.7. The van der Waals surface area contributed by atoms with Crippen LogP contribution in [0.2, 0.25) is 0 Å². The molecule has 1 atom stereocenters. The molecule has 1 N–H and O–H groups in total. The molecule has 0 aromatic heterocycles. The number of benzene rings is 2. The average Bonchev–Trinajstić information content (AvgIpc) is 2.48. The first kappa shape index (κ1) is 19.4. The lowest BCUT2D eigenvalue weighted by Gasteiger charge is -2.03. The summed E-state index contributed by atoms with van der Waals surface area (Å²) in [6, 6.07) is 18.7. The van der Waals surface area contributed by atoms with Gasteiger partial charge in [-0.05, 0) is 22.7 Å². The molecular weight excluding hydrogens is 352 g/mol. The standard InChI is InChI=1S/C13H13OP.CHF3O3S/c1-14-11-7-9-13(10-8-11)15-12-5-3-2-4-6-12;2-1(3,4)8(5,6)7/h2-10,15H,1H3;(H,5,6,7). The number of halogens is 3. The van der Waals surface area contributed by atoms with E-state index in [0.29, 0.717) is 0 Å². The van der Waals surface area contributed by atoms with Crippen LogP contribution in [0.4, 0.5) is 13.2 Å². The van der Waals surface area contributed by atoms with Crippen LogP contribution in [-0.4, -0.2) is 25.6 Å². The molecule has 0 amide bonds. The second-order valence-corrected chi connectivity index (χ2v) is 6.96. The minimum atomic E-state index is -5.84. The van der Waals surface area contributed by atoms with Crippen LogP contribution in [0.3, 0.4) is 0 Å². The van der Waals surface area contributed by atoms with Crippen LogP contribution < -0.4 is 15.3 Å². The van der Waals surface area contributed by atoms with Crippen molar-refractivity contribution >= 4 is 29.3 Å². The van der Waals surface area contributed by atoms with Gasteiger partial charge in [0.05, 0.1) is 7.11 Å². The second kappa shape index (κ2) is 8.29. The molecule has 2 rings (SSSR count). The first-order chi connectivity index (χ1) is 10.6. The van der Waals surface area contributed by atoms with Gasteiger partial charge in [-0.1, -0.05) is 51.0 Å². The molecule has 2 aromatic carbocycles. The molecule has 126 valence electrons. The molecule has 0 bridgehead atoms. The van der Waals surface area contributed by atoms with Crippen LogP contribution >= 0.6 is 8.58 Å². The van der Waals surface area contributed by atoms with Crippen molar-refractivity contribution < 1.29 is 30.9 Å². The van der Waals surface area contributed by atoms with Gasteiger partial charge in [-0.3, -0.25) is 4.55 Å². The first-order valence-electron chi connectivity index (χ1n) is 6.13. The van der Waals surface area contributed by atoms with Gasteiger partial charge in [-0.25, -0.2) is 0 Å². The Morgan fingerprint density at radius 2 is 1.39 bits per heavy atom. The zero-order valence-electron chi connectivity index (χ0n) is 11.9. The smallest absolute Gasteiger partial charge is 0.497 e. The Bertz CT molecular complexity index is 701. The lowest BCUT2D eigenvalue weighted by atomic mass is 10.3. The third kappa shape index (κ3) is 6.99. The largest absolute Gasteiger partial charge is 0.522 e. The van der Waals surface area contributed by atoms with Crippen LogP contribution in [-0.2, 0) is 10.1 Å². The molecule has 0 aliphatic rings. The van der Waals surface area contributed by atoms with E-state index in [1.807, 2.05) is 18.2 Å². The minimum Gasteiger partial charge on any atom is -0.497 e. The van der Waals surface area contributed by atoms with Crippen molar-refractivity contribution in [2.24, 2.45) is 0 Å². The maximum Gasteiger partial charge on any atom is 0.522 e. The lowest BCUT2D eigenvalue weighted by Crippen LogP contribution is -2.21. The summed E-state index contributed by atoms with van der Waals surface area (Å²) in [7, 11) is -3.43. The molecule has 4 nitrogen and oxygen atoms in total. The average molecular weight is 366 g/mol. The fourth-order valence-electron chi connectivity index (χ4n) is 1.36. The van der Waals surface area contributed by atoms with Crippen molar-refractivity contribution in [2.75, 3.05) is 7.11 Å². The van der Waals surface area contributed by atoms with Crippen molar-refractivity contribution in [3.8, 4) is 5.75 Å². The van der Waals surface area contributed by atoms with E-state index in [-0.39, 0.29) is 0 Å². The molecule has 0 heterocycles. The predicted molar refractivity (Wildman–Crippen MR) is 84.6 cm³/mol. The van der Waals surface area contributed by atoms with E-state index in [4.69, 9.17) is 17.7 Å². The number of hydrogen-bond donors (Lipinski definition) is 1. The molecule has 1 unspecified atom stereocenters. The highest BCUT2D eigenvalue weighted by atomic mass is 32.2. The van der Waals surface area contributed by atoms with Gasteiger partial charge in [-0.15, -0.1) is 0 Å². The highest BCUT2D eigenvalue weighted by Gasteiger charge is 2.44. The summed E-state index contributed by atoms with van der Waals surface area (Å²) in [4.78, 5) is 0. The van der Waals surface area contributed by atoms with Crippen molar-refractivity contribution in [1.29, 1.82) is 0 Å². The van der Waals surface area contributed by atoms with Gasteiger partial charge in [0.15, 0.2) is 0 Å². The van der Waals surface area contributed by atoms with Crippen molar-refractivity contribution in [1.82, 2.24) is 0 Å². The van der Waals surface area contributed by atoms with Gasteiger partial charge < -0.3 is 4.74 Å². The molecule has 0 spiro atoms. The summed E-state index contributed by atoms with van der Waals surface area (Å²) in [5.74, 6) is 0.914. The number of methoxy groups -OCH3 is 1. The van der Waals surface area contributed by atoms with E-state index >= 15 is 0 Å². The lowest BCUT2D eigenvalue weighted by molar-refractivity contribution is -0.0510. The van der Waals surface area contributed by atoms with Crippen molar-refractivity contribution in [3.05, 3.63) is 54.6 Å². The molecule has 0 saturated carbocycles. The van der Waals surface area contributed by atoms with E-state index in [1.165, 1.54) is 10.6 Å². The van der Waals surface area contributed by atoms with E-state index in [2.05, 4.69) is 36.4 Å². The fraction of sp³-hybridized carbons (Fsp3) is 0.143. The summed E-state index contributed by atoms with van der Waals surface area (Å²) < 4.78 is 62.7. The van der Waals surface area contributed by atoms with Crippen LogP contribution in [0.25, 0.3) is 0 Å². The summed E-state index contributed by atoms with van der Waals surface area (Å²) in [5, 5.41) is 2.70. The maximum absolute atomic E-state index is 10.7. The monoisotopic (exact) mass is 366 g/mol. The van der Waals surface area contributed by atoms with E-state index in [0.717, 1.165) is 14.3 Å². The van der Waals surface area contributed by atoms with Gasteiger partial charge >= 0.3 is 15.6 Å². The molecule has 0 fully saturated rings. The van der Waals surface area contributed by atoms with Crippen molar-refractivity contribution in [2.45, 2.75) is 5.51 Å². The summed E-state index contributed by atoms with van der Waals surface area (Å²) >= 11 is 0. The number of alkyl halides is 3. The highest BCUT2D eigenvalue weighted by molar-refractivity contribution is 7.86. The number of rotatable bonds is 3. The molecular formula is C14H14F3O4PS. The third-order valence-corrected chi connectivity index (χ3v) is 4.27. The summed E-state index contributed by atoms with van der Waals surface area (Å²) in [6.45, 7) is 0. The third-order valence-electron chi connectivity index (χ3n) is 2.44. The van der Waals surface area contributed by atoms with Gasteiger partial charge in [0.25, 0.3) is 0 Å². The number of ether oxygens (including phenoxy) is 1. The van der Waals surface area contributed by atoms with Gasteiger partial charge in [-0.2, -0.15) is 21.6 Å². The normalized spacial score (nSPS) is 11.9. The van der Waals surface area contributed by atoms with Crippen LogP contribution in [0.5, 0.6) is 5.75 Å². The minimum absolute atomic E-state index is 0.719. The highest BCUT2D eigenvalue weighted by Crippen LogP contribution is 2.20. The molecule has 0 aliphatic heterocycles. The van der Waals surface area contributed by atoms with Gasteiger partial charge in [0.2, 0.25) is 0 Å². The SMILES string of the molecule is COc1ccc(Pc2ccccc2)cc1.O=S(=O)(O)C(F)(F)F. The van der Waals surface area contributed by atoms with Crippen LogP contribution in [0.15, 0.2) is 54.6 Å². The van der Waals surface area contributed by atoms with Gasteiger partial charge in [0, 0.05) is 0 Å². The Balaban J connectivity index is 0.000000284. The van der Waals surface area contributed by atoms with Crippen LogP contribution in [0, 0.1) is 0 Å². The summed E-state index contributed by atoms with van der Waals surface area (Å²) in [5.41, 5.74) is -5.53. The number of hydrogen-bond acceptors (Lipinski definition) is 3. The zero-order chi connectivity index (χ0) is 17.5. The zero-order valence-corrected chi connectivity index (χ0v) is 13.7. The molecule has 0 radical (unpaired) electrons. The topological polar surface area (TPSA) is 63.6 Å². The Labute approximate surface area is 133 Å². The molecule has 9 heteroatoms. The van der Waals surface area contributed by atoms with E-state index < -0.39 is 15.6 Å². The molecule has 0 aliphatic carbocycles. The second-order valence-electron chi connectivity index (χ2n) is 4.14. The van der Waals surface area contributed by atoms with E-state index in [9.17, 15) is 13.2 Å². The Kier molecular flexibility index (Phi) is 7.00. The quantitative estimate of drug-likeness (QED) is 0.515.